The van der Waals surface area contributed by atoms with Gasteiger partial charge in [-0.3, -0.25) is 4.90 Å². The van der Waals surface area contributed by atoms with Gasteiger partial charge in [0, 0.05) is 88.7 Å². The minimum absolute atomic E-state index is 0.0461. The maximum atomic E-state index is 12.7. The molecule has 0 aromatic heterocycles. The van der Waals surface area contributed by atoms with Crippen LogP contribution in [0.2, 0.25) is 0 Å². The lowest BCUT2D eigenvalue weighted by molar-refractivity contribution is -0.134. The monoisotopic (exact) mass is 914 g/mol. The summed E-state index contributed by atoms with van der Waals surface area (Å²) < 4.78 is 11.4. The summed E-state index contributed by atoms with van der Waals surface area (Å²) in [5.41, 5.74) is 3.34. The molecule has 0 bridgehead atoms. The first kappa shape index (κ1) is 46.8. The van der Waals surface area contributed by atoms with Crippen LogP contribution in [0, 0.1) is 0 Å². The number of phenols is 7. The average molecular weight is 915 g/mol. The van der Waals surface area contributed by atoms with Gasteiger partial charge in [0.1, 0.15) is 23.4 Å². The summed E-state index contributed by atoms with van der Waals surface area (Å²) in [6, 6.07) is 24.5. The van der Waals surface area contributed by atoms with Crippen molar-refractivity contribution >= 4 is 41.4 Å². The lowest BCUT2D eigenvalue weighted by atomic mass is 9.93. The van der Waals surface area contributed by atoms with E-state index < -0.39 is 53.1 Å². The third-order valence-corrected chi connectivity index (χ3v) is 12.5. The Labute approximate surface area is 375 Å². The molecule has 336 valence electrons. The number of carboxylic acid groups (broad SMARTS) is 2. The van der Waals surface area contributed by atoms with Crippen LogP contribution in [0.4, 0.5) is 0 Å². The molecule has 16 nitrogen and oxygen atoms in total. The highest BCUT2D eigenvalue weighted by atomic mass is 32.2. The molecule has 5 aromatic carbocycles. The van der Waals surface area contributed by atoms with Gasteiger partial charge in [0.25, 0.3) is 0 Å². The van der Waals surface area contributed by atoms with Gasteiger partial charge in [0.15, 0.2) is 34.9 Å². The molecule has 0 radical (unpaired) electrons. The number of hydrogen-bond donors (Lipinski definition) is 9. The molecule has 1 fully saturated rings. The highest BCUT2D eigenvalue weighted by molar-refractivity contribution is 7.99. The van der Waals surface area contributed by atoms with Crippen LogP contribution in [-0.4, -0.2) is 119 Å². The van der Waals surface area contributed by atoms with Crippen molar-refractivity contribution in [3.63, 3.8) is 0 Å². The Morgan fingerprint density at radius 2 is 1.41 bits per heavy atom. The Hall–Kier alpha value is -6.73. The fourth-order valence-corrected chi connectivity index (χ4v) is 8.86. The molecule has 8 rings (SSSR count). The summed E-state index contributed by atoms with van der Waals surface area (Å²) in [7, 11) is 2.23. The van der Waals surface area contributed by atoms with Gasteiger partial charge < -0.3 is 60.3 Å². The molecule has 3 atom stereocenters. The number of esters is 1. The molecular weight excluding hydrogens is 869 g/mol. The predicted octanol–water partition coefficient (Wildman–Crippen LogP) is 6.64. The molecule has 3 unspecified atom stereocenters. The summed E-state index contributed by atoms with van der Waals surface area (Å²) in [6.45, 7) is 4.67. The number of rotatable bonds is 7. The van der Waals surface area contributed by atoms with Crippen molar-refractivity contribution in [3.8, 4) is 46.0 Å². The summed E-state index contributed by atoms with van der Waals surface area (Å²) >= 11 is 3.79. The van der Waals surface area contributed by atoms with Crippen molar-refractivity contribution in [2.24, 2.45) is 0 Å². The number of hydrogen-bond acceptors (Lipinski definition) is 16. The third-order valence-electron chi connectivity index (χ3n) is 10.6. The first-order valence-corrected chi connectivity index (χ1v) is 21.7. The molecule has 1 saturated heterocycles. The Morgan fingerprint density at radius 1 is 0.734 bits per heavy atom. The van der Waals surface area contributed by atoms with E-state index in [0.717, 1.165) is 37.7 Å². The smallest absolute Gasteiger partial charge is 0.338 e. The van der Waals surface area contributed by atoms with Crippen LogP contribution in [0.3, 0.4) is 0 Å². The summed E-state index contributed by atoms with van der Waals surface area (Å²) in [6.07, 6.45) is 2.29. The summed E-state index contributed by atoms with van der Waals surface area (Å²) in [5.74, 6) is -6.94. The predicted molar refractivity (Wildman–Crippen MR) is 236 cm³/mol. The SMILES string of the molecule is CSc1ccc2c(c1)C(N1CCN(C)CC1)Cc1ccccc1S2.O=C(O)C=CC(=O)O.O=C(OC1Cc2c(O)cc(O)cc2OC1c1ccc(O)c(O)c1)c1cc(O)c(O)c(O)c1. The number of carbonyl (C=O) groups excluding carboxylic acids is 1. The highest BCUT2D eigenvalue weighted by Crippen LogP contribution is 2.46. The number of thioether (sulfide) groups is 1. The summed E-state index contributed by atoms with van der Waals surface area (Å²) in [5, 5.41) is 83.9. The van der Waals surface area contributed by atoms with Crippen LogP contribution in [0.5, 0.6) is 46.0 Å². The molecule has 3 aliphatic rings. The maximum Gasteiger partial charge on any atom is 0.338 e. The number of phenolic OH excluding ortho intramolecular Hbond substituents is 7. The van der Waals surface area contributed by atoms with E-state index in [9.17, 15) is 50.1 Å². The van der Waals surface area contributed by atoms with E-state index >= 15 is 0 Å². The highest BCUT2D eigenvalue weighted by Gasteiger charge is 2.37. The van der Waals surface area contributed by atoms with Crippen LogP contribution >= 0.6 is 23.5 Å². The molecule has 0 aliphatic carbocycles. The molecule has 3 heterocycles. The standard InChI is InChI=1S/C22H18O10.C20H24N2S2.C4H4O4/c23-11-6-14(25)12-8-19(32-22(30)10-4-16(27)20(29)17(28)5-10)21(31-18(12)7-11)9-1-2-13(24)15(26)3-9;1-21-9-11-22(12-10-21)18-13-15-5-3-4-6-19(15)24-20-8-7-16(23-2)14-17(18)20;5-3(6)1-2-4(7)8/h1-7,19,21,23-29H,8H2;3-8,14,18H,9-13H2,1-2H3;1-2H,(H,5,6)(H,7,8). The van der Waals surface area contributed by atoms with Gasteiger partial charge in [-0.25, -0.2) is 14.4 Å². The van der Waals surface area contributed by atoms with Crippen LogP contribution in [0.1, 0.15) is 44.8 Å². The van der Waals surface area contributed by atoms with Crippen molar-refractivity contribution < 1.29 is 69.8 Å². The molecular formula is C46H46N2O14S2. The second-order valence-corrected chi connectivity index (χ2v) is 16.9. The van der Waals surface area contributed by atoms with Crippen molar-refractivity contribution in [2.75, 3.05) is 39.5 Å². The number of carboxylic acids is 2. The van der Waals surface area contributed by atoms with Crippen molar-refractivity contribution in [1.29, 1.82) is 0 Å². The molecule has 64 heavy (non-hydrogen) atoms. The molecule has 5 aromatic rings. The van der Waals surface area contributed by atoms with E-state index in [1.165, 1.54) is 63.2 Å². The van der Waals surface area contributed by atoms with Crippen molar-refractivity contribution in [1.82, 2.24) is 9.80 Å². The van der Waals surface area contributed by atoms with Gasteiger partial charge in [-0.15, -0.1) is 11.8 Å². The second-order valence-electron chi connectivity index (χ2n) is 14.9. The topological polar surface area (TPSA) is 258 Å². The van der Waals surface area contributed by atoms with Crippen LogP contribution in [0.25, 0.3) is 0 Å². The maximum absolute atomic E-state index is 12.7. The average Bonchev–Trinajstić information content (AvgIpc) is 3.43. The zero-order valence-corrected chi connectivity index (χ0v) is 36.1. The van der Waals surface area contributed by atoms with E-state index in [0.29, 0.717) is 23.8 Å². The number of aliphatic carboxylic acids is 2. The first-order valence-electron chi connectivity index (χ1n) is 19.7. The zero-order valence-electron chi connectivity index (χ0n) is 34.5. The van der Waals surface area contributed by atoms with Crippen molar-refractivity contribution in [3.05, 3.63) is 125 Å². The van der Waals surface area contributed by atoms with Crippen LogP contribution in [0.15, 0.2) is 112 Å². The second kappa shape index (κ2) is 20.6. The van der Waals surface area contributed by atoms with E-state index in [2.05, 4.69) is 65.6 Å². The number of likely N-dealkylation sites (N-methyl/N-ethyl adjacent to an activating group) is 1. The van der Waals surface area contributed by atoms with E-state index in [1.54, 1.807) is 0 Å². The Balaban J connectivity index is 0.000000187. The quantitative estimate of drug-likeness (QED) is 0.0359. The summed E-state index contributed by atoms with van der Waals surface area (Å²) in [4.78, 5) is 41.2. The van der Waals surface area contributed by atoms with Crippen molar-refractivity contribution in [2.45, 2.75) is 45.8 Å². The Morgan fingerprint density at radius 3 is 2.05 bits per heavy atom. The van der Waals surface area contributed by atoms with Gasteiger partial charge in [-0.1, -0.05) is 36.0 Å². The number of fused-ring (bicyclic) bond motifs is 3. The van der Waals surface area contributed by atoms with Gasteiger partial charge >= 0.3 is 17.9 Å². The normalized spacial score (nSPS) is 18.0. The number of carbonyl (C=O) groups is 3. The number of aromatic hydroxyl groups is 7. The molecule has 18 heteroatoms. The molecule has 0 spiro atoms. The number of piperazine rings is 1. The number of nitrogens with zero attached hydrogens (tertiary/aromatic N) is 2. The fourth-order valence-electron chi connectivity index (χ4n) is 7.30. The van der Waals surface area contributed by atoms with Gasteiger partial charge in [0.05, 0.1) is 5.56 Å². The number of benzene rings is 5. The van der Waals surface area contributed by atoms with Crippen LogP contribution < -0.4 is 4.74 Å². The van der Waals surface area contributed by atoms with Gasteiger partial charge in [-0.05, 0) is 79.4 Å². The molecule has 0 amide bonds. The van der Waals surface area contributed by atoms with E-state index in [1.807, 2.05) is 23.5 Å². The first-order chi connectivity index (χ1) is 30.5. The number of ether oxygens (including phenoxy) is 2. The zero-order chi connectivity index (χ0) is 46.2. The molecule has 0 saturated carbocycles. The third kappa shape index (κ3) is 11.4. The fraction of sp³-hybridized carbons (Fsp3) is 0.239. The molecule has 3 aliphatic heterocycles. The van der Waals surface area contributed by atoms with Gasteiger partial charge in [0.2, 0.25) is 0 Å². The molecule has 9 N–H and O–H groups in total. The Bertz CT molecular complexity index is 2520. The minimum atomic E-state index is -1.26. The van der Waals surface area contributed by atoms with Crippen LogP contribution in [-0.2, 0) is 27.2 Å². The van der Waals surface area contributed by atoms with E-state index in [-0.39, 0.29) is 40.5 Å². The minimum Gasteiger partial charge on any atom is -0.508 e. The van der Waals surface area contributed by atoms with Gasteiger partial charge in [-0.2, -0.15) is 0 Å². The van der Waals surface area contributed by atoms with E-state index in [4.69, 9.17) is 19.7 Å². The lowest BCUT2D eigenvalue weighted by Crippen LogP contribution is -2.46. The lowest BCUT2D eigenvalue weighted by Gasteiger charge is -2.38. The largest absolute Gasteiger partial charge is 0.508 e. The Kier molecular flexibility index (Phi) is 15.1.